The third-order valence-corrected chi connectivity index (χ3v) is 3.45. The van der Waals surface area contributed by atoms with Gasteiger partial charge in [0.15, 0.2) is 0 Å². The van der Waals surface area contributed by atoms with Crippen LogP contribution in [0, 0.1) is 0 Å². The molecule has 0 radical (unpaired) electrons. The van der Waals surface area contributed by atoms with Gasteiger partial charge in [0, 0.05) is 25.6 Å². The number of likely N-dealkylation sites (tertiary alicyclic amines) is 1. The number of hydrogen-bond acceptors (Lipinski definition) is 3. The van der Waals surface area contributed by atoms with Crippen molar-refractivity contribution in [3.63, 3.8) is 0 Å². The Hall–Kier alpha value is -2.37. The van der Waals surface area contributed by atoms with Crippen LogP contribution in [0.3, 0.4) is 0 Å². The van der Waals surface area contributed by atoms with Crippen LogP contribution in [0.5, 0.6) is 0 Å². The zero-order chi connectivity index (χ0) is 15.4. The second kappa shape index (κ2) is 6.39. The van der Waals surface area contributed by atoms with Crippen molar-refractivity contribution in [3.05, 3.63) is 35.4 Å². The molecule has 1 aromatic carbocycles. The van der Waals surface area contributed by atoms with Crippen LogP contribution in [0.1, 0.15) is 40.5 Å². The number of nitrogens with one attached hydrogen (secondary N) is 1. The lowest BCUT2D eigenvalue weighted by Gasteiger charge is -2.22. The number of aromatic carboxylic acids is 1. The molecule has 1 aliphatic rings. The Morgan fingerprint density at radius 1 is 1.33 bits per heavy atom. The van der Waals surface area contributed by atoms with Gasteiger partial charge in [-0.05, 0) is 25.5 Å². The second-order valence-corrected chi connectivity index (χ2v) is 5.17. The highest BCUT2D eigenvalue weighted by molar-refractivity contribution is 6.04. The van der Waals surface area contributed by atoms with Crippen LogP contribution in [-0.4, -0.2) is 46.9 Å². The van der Waals surface area contributed by atoms with Gasteiger partial charge in [0.2, 0.25) is 5.91 Å². The molecule has 0 saturated carbocycles. The summed E-state index contributed by atoms with van der Waals surface area (Å²) in [5.41, 5.74) is 0.101. The lowest BCUT2D eigenvalue weighted by atomic mass is 10.1. The number of rotatable bonds is 5. The predicted octanol–water partition coefficient (Wildman–Crippen LogP) is 1.13. The average molecular weight is 290 g/mol. The van der Waals surface area contributed by atoms with Crippen LogP contribution in [0.15, 0.2) is 24.3 Å². The van der Waals surface area contributed by atoms with E-state index in [1.807, 2.05) is 0 Å². The van der Waals surface area contributed by atoms with E-state index in [0.29, 0.717) is 19.5 Å². The van der Waals surface area contributed by atoms with Gasteiger partial charge in [0.1, 0.15) is 0 Å². The van der Waals surface area contributed by atoms with Crippen LogP contribution in [0.4, 0.5) is 0 Å². The van der Waals surface area contributed by atoms with Crippen molar-refractivity contribution in [2.45, 2.75) is 25.8 Å². The molecule has 2 amide bonds. The fourth-order valence-corrected chi connectivity index (χ4v) is 2.44. The van der Waals surface area contributed by atoms with Gasteiger partial charge in [0.25, 0.3) is 5.91 Å². The Morgan fingerprint density at radius 2 is 2.00 bits per heavy atom. The Balaban J connectivity index is 2.01. The minimum Gasteiger partial charge on any atom is -0.478 e. The van der Waals surface area contributed by atoms with E-state index in [-0.39, 0.29) is 23.1 Å². The Morgan fingerprint density at radius 3 is 2.57 bits per heavy atom. The van der Waals surface area contributed by atoms with Crippen LogP contribution >= 0.6 is 0 Å². The number of nitrogens with zero attached hydrogens (tertiary/aromatic N) is 1. The van der Waals surface area contributed by atoms with Crippen molar-refractivity contribution in [1.82, 2.24) is 10.2 Å². The van der Waals surface area contributed by atoms with Gasteiger partial charge in [-0.2, -0.15) is 0 Å². The molecule has 1 atom stereocenters. The smallest absolute Gasteiger partial charge is 0.336 e. The first-order valence-corrected chi connectivity index (χ1v) is 6.90. The van der Waals surface area contributed by atoms with E-state index in [9.17, 15) is 14.4 Å². The van der Waals surface area contributed by atoms with E-state index in [4.69, 9.17) is 5.11 Å². The lowest BCUT2D eigenvalue weighted by Crippen LogP contribution is -2.42. The van der Waals surface area contributed by atoms with Crippen molar-refractivity contribution >= 4 is 17.8 Å². The zero-order valence-corrected chi connectivity index (χ0v) is 11.8. The molecular formula is C15H18N2O4. The summed E-state index contributed by atoms with van der Waals surface area (Å²) in [5.74, 6) is -1.47. The molecule has 6 nitrogen and oxygen atoms in total. The maximum Gasteiger partial charge on any atom is 0.336 e. The fourth-order valence-electron chi connectivity index (χ4n) is 2.44. The summed E-state index contributed by atoms with van der Waals surface area (Å²) >= 11 is 0. The summed E-state index contributed by atoms with van der Waals surface area (Å²) in [7, 11) is 0. The third kappa shape index (κ3) is 3.59. The Labute approximate surface area is 122 Å². The maximum atomic E-state index is 12.2. The van der Waals surface area contributed by atoms with E-state index in [1.165, 1.54) is 12.1 Å². The van der Waals surface area contributed by atoms with Gasteiger partial charge in [0.05, 0.1) is 11.1 Å². The first-order valence-electron chi connectivity index (χ1n) is 6.90. The minimum absolute atomic E-state index is 0.0283. The summed E-state index contributed by atoms with van der Waals surface area (Å²) in [6, 6.07) is 5.84. The number of benzene rings is 1. The molecule has 0 bridgehead atoms. The average Bonchev–Trinajstić information content (AvgIpc) is 2.84. The van der Waals surface area contributed by atoms with Crippen molar-refractivity contribution in [3.8, 4) is 0 Å². The van der Waals surface area contributed by atoms with Crippen LogP contribution in [0.2, 0.25) is 0 Å². The number of hydrogen-bond donors (Lipinski definition) is 2. The molecule has 0 aliphatic carbocycles. The molecule has 21 heavy (non-hydrogen) atoms. The molecular weight excluding hydrogens is 272 g/mol. The highest BCUT2D eigenvalue weighted by Crippen LogP contribution is 2.11. The molecule has 0 aromatic heterocycles. The lowest BCUT2D eigenvalue weighted by molar-refractivity contribution is -0.127. The first kappa shape index (κ1) is 15.0. The minimum atomic E-state index is -1.14. The van der Waals surface area contributed by atoms with Crippen LogP contribution in [0.25, 0.3) is 0 Å². The van der Waals surface area contributed by atoms with Gasteiger partial charge in [-0.15, -0.1) is 0 Å². The molecule has 1 aliphatic heterocycles. The summed E-state index contributed by atoms with van der Waals surface area (Å²) < 4.78 is 0. The molecule has 112 valence electrons. The predicted molar refractivity (Wildman–Crippen MR) is 76.1 cm³/mol. The van der Waals surface area contributed by atoms with Crippen LogP contribution < -0.4 is 5.32 Å². The molecule has 1 aromatic rings. The van der Waals surface area contributed by atoms with Gasteiger partial charge in [-0.1, -0.05) is 12.1 Å². The standard InChI is InChI=1S/C15H18N2O4/c1-10(9-17-8-4-7-13(17)18)16-14(19)11-5-2-3-6-12(11)15(20)21/h2-3,5-6,10H,4,7-9H2,1H3,(H,16,19)(H,20,21). The van der Waals surface area contributed by atoms with Gasteiger partial charge < -0.3 is 15.3 Å². The molecule has 2 rings (SSSR count). The molecule has 1 saturated heterocycles. The van der Waals surface area contributed by atoms with E-state index in [0.717, 1.165) is 6.42 Å². The maximum absolute atomic E-state index is 12.2. The van der Waals surface area contributed by atoms with Crippen molar-refractivity contribution in [2.24, 2.45) is 0 Å². The molecule has 6 heteroatoms. The van der Waals surface area contributed by atoms with Crippen molar-refractivity contribution in [2.75, 3.05) is 13.1 Å². The monoisotopic (exact) mass is 290 g/mol. The van der Waals surface area contributed by atoms with E-state index < -0.39 is 11.9 Å². The SMILES string of the molecule is CC(CN1CCCC1=O)NC(=O)c1ccccc1C(=O)O. The van der Waals surface area contributed by atoms with E-state index >= 15 is 0 Å². The quantitative estimate of drug-likeness (QED) is 0.851. The highest BCUT2D eigenvalue weighted by Gasteiger charge is 2.23. The highest BCUT2D eigenvalue weighted by atomic mass is 16.4. The van der Waals surface area contributed by atoms with Gasteiger partial charge in [-0.3, -0.25) is 9.59 Å². The zero-order valence-electron chi connectivity index (χ0n) is 11.8. The first-order chi connectivity index (χ1) is 9.99. The number of carbonyl (C=O) groups excluding carboxylic acids is 2. The normalized spacial score (nSPS) is 15.9. The van der Waals surface area contributed by atoms with Gasteiger partial charge in [-0.25, -0.2) is 4.79 Å². The summed E-state index contributed by atoms with van der Waals surface area (Å²) in [6.45, 7) is 2.96. The summed E-state index contributed by atoms with van der Waals surface area (Å²) in [5, 5.41) is 11.8. The van der Waals surface area contributed by atoms with E-state index in [1.54, 1.807) is 24.0 Å². The van der Waals surface area contributed by atoms with Crippen molar-refractivity contribution in [1.29, 1.82) is 0 Å². The van der Waals surface area contributed by atoms with Crippen LogP contribution in [-0.2, 0) is 4.79 Å². The fraction of sp³-hybridized carbons (Fsp3) is 0.400. The number of carboxylic acids is 1. The van der Waals surface area contributed by atoms with Gasteiger partial charge >= 0.3 is 5.97 Å². The van der Waals surface area contributed by atoms with E-state index in [2.05, 4.69) is 5.32 Å². The molecule has 2 N–H and O–H groups in total. The molecule has 1 heterocycles. The summed E-state index contributed by atoms with van der Waals surface area (Å²) in [6.07, 6.45) is 1.41. The molecule has 1 unspecified atom stereocenters. The topological polar surface area (TPSA) is 86.7 Å². The third-order valence-electron chi connectivity index (χ3n) is 3.45. The summed E-state index contributed by atoms with van der Waals surface area (Å²) in [4.78, 5) is 36.5. The molecule has 1 fully saturated rings. The second-order valence-electron chi connectivity index (χ2n) is 5.17. The number of carboxylic acid groups (broad SMARTS) is 1. The largest absolute Gasteiger partial charge is 0.478 e. The molecule has 0 spiro atoms. The number of amides is 2. The Bertz CT molecular complexity index is 571. The number of carbonyl (C=O) groups is 3. The Kier molecular flexibility index (Phi) is 4.57. The van der Waals surface area contributed by atoms with Crippen molar-refractivity contribution < 1.29 is 19.5 Å².